The maximum atomic E-state index is 13.5. The quantitative estimate of drug-likeness (QED) is 0.752. The number of hydrogen-bond acceptors (Lipinski definition) is 4. The Morgan fingerprint density at radius 1 is 1.36 bits per heavy atom. The van der Waals surface area contributed by atoms with Crippen LogP contribution < -0.4 is 4.72 Å². The molecule has 0 saturated heterocycles. The van der Waals surface area contributed by atoms with Crippen molar-refractivity contribution in [3.05, 3.63) is 47.7 Å². The molecule has 0 aliphatic heterocycles. The number of aromatic nitrogens is 2. The Labute approximate surface area is 128 Å². The molecule has 0 radical (unpaired) electrons. The maximum Gasteiger partial charge on any atom is 0.257 e. The number of aliphatic hydroxyl groups excluding tert-OH is 1. The fraction of sp³-hybridized carbons (Fsp3) is 0.357. The highest BCUT2D eigenvalue weighted by atomic mass is 32.2. The smallest absolute Gasteiger partial charge is 0.257 e. The van der Waals surface area contributed by atoms with Gasteiger partial charge in [-0.25, -0.2) is 22.5 Å². The van der Waals surface area contributed by atoms with Crippen LogP contribution in [-0.4, -0.2) is 30.0 Å². The lowest BCUT2D eigenvalue weighted by atomic mass is 10.1. The summed E-state index contributed by atoms with van der Waals surface area (Å²) in [7, 11) is -3.84. The number of aliphatic hydroxyl groups is 1. The summed E-state index contributed by atoms with van der Waals surface area (Å²) in [4.78, 5) is 6.69. The van der Waals surface area contributed by atoms with Crippen LogP contribution in [0.5, 0.6) is 0 Å². The summed E-state index contributed by atoms with van der Waals surface area (Å²) >= 11 is 0. The van der Waals surface area contributed by atoms with Crippen LogP contribution >= 0.6 is 0 Å². The topological polar surface area (TPSA) is 95.1 Å². The van der Waals surface area contributed by atoms with Gasteiger partial charge < -0.3 is 10.1 Å². The average Bonchev–Trinajstić information content (AvgIpc) is 2.96. The van der Waals surface area contributed by atoms with Crippen LogP contribution in [0.15, 0.2) is 35.5 Å². The van der Waals surface area contributed by atoms with Crippen LogP contribution in [0.1, 0.15) is 37.3 Å². The van der Waals surface area contributed by atoms with Crippen molar-refractivity contribution in [2.75, 3.05) is 6.54 Å². The van der Waals surface area contributed by atoms with Gasteiger partial charge in [0.25, 0.3) is 10.0 Å². The SMILES string of the molecule is CC(C)c1ncc(S(=O)(=O)NCC(O)c2ccccc2F)[nH]1. The second-order valence-electron chi connectivity index (χ2n) is 5.18. The van der Waals surface area contributed by atoms with E-state index >= 15 is 0 Å². The Bertz CT molecular complexity index is 743. The molecular formula is C14H18FN3O3S. The zero-order chi connectivity index (χ0) is 16.3. The van der Waals surface area contributed by atoms with E-state index in [-0.39, 0.29) is 23.1 Å². The molecule has 120 valence electrons. The standard InChI is InChI=1S/C14H18FN3O3S/c1-9(2)14-16-8-13(18-14)22(20,21)17-7-12(19)10-5-3-4-6-11(10)15/h3-6,8-9,12,17,19H,7H2,1-2H3,(H,16,18). The number of hydrogen-bond donors (Lipinski definition) is 3. The average molecular weight is 327 g/mol. The second kappa shape index (κ2) is 6.55. The molecule has 0 aliphatic rings. The van der Waals surface area contributed by atoms with E-state index in [0.717, 1.165) is 0 Å². The first-order chi connectivity index (χ1) is 10.3. The van der Waals surface area contributed by atoms with Crippen LogP contribution in [0, 0.1) is 5.82 Å². The Hall–Kier alpha value is -1.77. The lowest BCUT2D eigenvalue weighted by molar-refractivity contribution is 0.177. The molecule has 1 unspecified atom stereocenters. The highest BCUT2D eigenvalue weighted by Gasteiger charge is 2.20. The molecule has 1 aromatic carbocycles. The summed E-state index contributed by atoms with van der Waals surface area (Å²) in [6, 6.07) is 5.67. The molecule has 0 bridgehead atoms. The van der Waals surface area contributed by atoms with E-state index in [4.69, 9.17) is 0 Å². The monoisotopic (exact) mass is 327 g/mol. The lowest BCUT2D eigenvalue weighted by Crippen LogP contribution is -2.29. The molecule has 0 saturated carbocycles. The molecular weight excluding hydrogens is 309 g/mol. The van der Waals surface area contributed by atoms with Crippen LogP contribution in [0.3, 0.4) is 0 Å². The van der Waals surface area contributed by atoms with Crippen molar-refractivity contribution < 1.29 is 17.9 Å². The summed E-state index contributed by atoms with van der Waals surface area (Å²) in [5, 5.41) is 9.83. The first kappa shape index (κ1) is 16.6. The van der Waals surface area contributed by atoms with Crippen molar-refractivity contribution in [2.45, 2.75) is 30.9 Å². The van der Waals surface area contributed by atoms with Gasteiger partial charge in [0.05, 0.1) is 12.3 Å². The third-order valence-corrected chi connectivity index (χ3v) is 4.47. The molecule has 0 amide bonds. The molecule has 2 rings (SSSR count). The third-order valence-electron chi connectivity index (χ3n) is 3.14. The van der Waals surface area contributed by atoms with Gasteiger partial charge in [-0.2, -0.15) is 0 Å². The number of sulfonamides is 1. The fourth-order valence-corrected chi connectivity index (χ4v) is 2.83. The first-order valence-corrected chi connectivity index (χ1v) is 8.26. The number of H-pyrrole nitrogens is 1. The Morgan fingerprint density at radius 2 is 2.05 bits per heavy atom. The van der Waals surface area contributed by atoms with Gasteiger partial charge in [0.2, 0.25) is 0 Å². The normalized spacial score (nSPS) is 13.5. The van der Waals surface area contributed by atoms with E-state index in [9.17, 15) is 17.9 Å². The number of nitrogens with zero attached hydrogens (tertiary/aromatic N) is 1. The molecule has 8 heteroatoms. The van der Waals surface area contributed by atoms with Gasteiger partial charge >= 0.3 is 0 Å². The molecule has 0 fully saturated rings. The maximum absolute atomic E-state index is 13.5. The molecule has 1 atom stereocenters. The number of nitrogens with one attached hydrogen (secondary N) is 2. The zero-order valence-electron chi connectivity index (χ0n) is 12.2. The van der Waals surface area contributed by atoms with Gasteiger partial charge in [-0.15, -0.1) is 0 Å². The first-order valence-electron chi connectivity index (χ1n) is 6.78. The van der Waals surface area contributed by atoms with Crippen molar-refractivity contribution in [1.82, 2.24) is 14.7 Å². The number of rotatable bonds is 6. The number of benzene rings is 1. The van der Waals surface area contributed by atoms with E-state index in [1.807, 2.05) is 13.8 Å². The number of aromatic amines is 1. The minimum absolute atomic E-state index is 0.0395. The lowest BCUT2D eigenvalue weighted by Gasteiger charge is -2.12. The van der Waals surface area contributed by atoms with Gasteiger partial charge in [-0.05, 0) is 6.07 Å². The van der Waals surface area contributed by atoms with Crippen LogP contribution in [-0.2, 0) is 10.0 Å². The molecule has 2 aromatic rings. The van der Waals surface area contributed by atoms with Gasteiger partial charge in [0, 0.05) is 18.0 Å². The van der Waals surface area contributed by atoms with E-state index in [1.54, 1.807) is 6.07 Å². The predicted octanol–water partition coefficient (Wildman–Crippen LogP) is 1.68. The van der Waals surface area contributed by atoms with E-state index in [1.165, 1.54) is 24.4 Å². The minimum atomic E-state index is -3.84. The van der Waals surface area contributed by atoms with Gasteiger partial charge in [-0.3, -0.25) is 0 Å². The second-order valence-corrected chi connectivity index (χ2v) is 6.91. The number of imidazole rings is 1. The van der Waals surface area contributed by atoms with Crippen LogP contribution in [0.25, 0.3) is 0 Å². The highest BCUT2D eigenvalue weighted by molar-refractivity contribution is 7.89. The molecule has 0 spiro atoms. The number of halogens is 1. The Kier molecular flexibility index (Phi) is 4.94. The Balaban J connectivity index is 2.07. The van der Waals surface area contributed by atoms with Crippen LogP contribution in [0.2, 0.25) is 0 Å². The summed E-state index contributed by atoms with van der Waals surface area (Å²) in [5.41, 5.74) is 0.0395. The van der Waals surface area contributed by atoms with Gasteiger partial charge in [0.1, 0.15) is 11.6 Å². The summed E-state index contributed by atoms with van der Waals surface area (Å²) in [6.45, 7) is 3.43. The molecule has 22 heavy (non-hydrogen) atoms. The Morgan fingerprint density at radius 3 is 2.64 bits per heavy atom. The molecule has 1 aromatic heterocycles. The third kappa shape index (κ3) is 3.70. The molecule has 1 heterocycles. The van der Waals surface area contributed by atoms with Crippen molar-refractivity contribution in [2.24, 2.45) is 0 Å². The van der Waals surface area contributed by atoms with E-state index in [2.05, 4.69) is 14.7 Å². The summed E-state index contributed by atoms with van der Waals surface area (Å²) < 4.78 is 40.0. The largest absolute Gasteiger partial charge is 0.387 e. The van der Waals surface area contributed by atoms with E-state index in [0.29, 0.717) is 5.82 Å². The van der Waals surface area contributed by atoms with Crippen molar-refractivity contribution >= 4 is 10.0 Å². The van der Waals surface area contributed by atoms with Gasteiger partial charge in [0.15, 0.2) is 5.03 Å². The van der Waals surface area contributed by atoms with Crippen molar-refractivity contribution in [1.29, 1.82) is 0 Å². The summed E-state index contributed by atoms with van der Waals surface area (Å²) in [6.07, 6.45) is -0.0591. The van der Waals surface area contributed by atoms with Gasteiger partial charge in [-0.1, -0.05) is 32.0 Å². The van der Waals surface area contributed by atoms with E-state index < -0.39 is 21.9 Å². The summed E-state index contributed by atoms with van der Waals surface area (Å²) in [5.74, 6) is 0.0285. The van der Waals surface area contributed by atoms with Crippen molar-refractivity contribution in [3.8, 4) is 0 Å². The molecule has 6 nitrogen and oxygen atoms in total. The van der Waals surface area contributed by atoms with Crippen LogP contribution in [0.4, 0.5) is 4.39 Å². The minimum Gasteiger partial charge on any atom is -0.387 e. The van der Waals surface area contributed by atoms with Crippen molar-refractivity contribution in [3.63, 3.8) is 0 Å². The zero-order valence-corrected chi connectivity index (χ0v) is 13.1. The highest BCUT2D eigenvalue weighted by Crippen LogP contribution is 2.17. The predicted molar refractivity (Wildman–Crippen MR) is 79.2 cm³/mol. The molecule has 3 N–H and O–H groups in total. The fourth-order valence-electron chi connectivity index (χ4n) is 1.87. The molecule has 0 aliphatic carbocycles.